The molecule has 35 heavy (non-hydrogen) atoms. The van der Waals surface area contributed by atoms with Gasteiger partial charge in [0, 0.05) is 42.3 Å². The molecule has 1 aromatic carbocycles. The van der Waals surface area contributed by atoms with Crippen LogP contribution in [0, 0.1) is 0 Å². The molecule has 1 heterocycles. The number of thiocarbonyl (C=S) groups is 1. The van der Waals surface area contributed by atoms with Gasteiger partial charge in [0.15, 0.2) is 5.11 Å². The van der Waals surface area contributed by atoms with Crippen molar-refractivity contribution in [3.8, 4) is 0 Å². The van der Waals surface area contributed by atoms with E-state index < -0.39 is 5.51 Å². The first-order chi connectivity index (χ1) is 16.7. The van der Waals surface area contributed by atoms with Crippen LogP contribution in [0.2, 0.25) is 0 Å². The highest BCUT2D eigenvalue weighted by atomic mass is 32.2. The average molecular weight is 525 g/mol. The molecule has 1 saturated carbocycles. The molecular weight excluding hydrogens is 493 g/mol. The summed E-state index contributed by atoms with van der Waals surface area (Å²) in [5.74, 6) is 1.72. The molecule has 4 rings (SSSR count). The van der Waals surface area contributed by atoms with Crippen LogP contribution in [0.3, 0.4) is 0 Å². The smallest absolute Gasteiger partial charge is 0.362 e. The first-order valence-corrected chi connectivity index (χ1v) is 13.2. The normalized spacial score (nSPS) is 20.0. The summed E-state index contributed by atoms with van der Waals surface area (Å²) < 4.78 is 37.9. The van der Waals surface area contributed by atoms with Gasteiger partial charge >= 0.3 is 5.51 Å². The number of alkyl halides is 3. The molecule has 3 N–H and O–H groups in total. The summed E-state index contributed by atoms with van der Waals surface area (Å²) >= 11 is 5.27. The number of hydrogen-bond acceptors (Lipinski definition) is 6. The summed E-state index contributed by atoms with van der Waals surface area (Å²) in [6.07, 6.45) is 8.17. The lowest BCUT2D eigenvalue weighted by Gasteiger charge is -2.31. The quantitative estimate of drug-likeness (QED) is 0.327. The largest absolute Gasteiger partial charge is 0.446 e. The Kier molecular flexibility index (Phi) is 8.26. The van der Waals surface area contributed by atoms with Crippen LogP contribution in [0.15, 0.2) is 29.2 Å². The summed E-state index contributed by atoms with van der Waals surface area (Å²) in [6.45, 7) is 0. The van der Waals surface area contributed by atoms with Gasteiger partial charge in [0.05, 0.1) is 5.69 Å². The van der Waals surface area contributed by atoms with Crippen molar-refractivity contribution in [3.05, 3.63) is 35.5 Å². The van der Waals surface area contributed by atoms with Crippen molar-refractivity contribution in [1.82, 2.24) is 15.3 Å². The van der Waals surface area contributed by atoms with E-state index in [9.17, 15) is 13.2 Å². The molecule has 0 aliphatic heterocycles. The maximum absolute atomic E-state index is 12.6. The van der Waals surface area contributed by atoms with Crippen LogP contribution in [0.5, 0.6) is 0 Å². The van der Waals surface area contributed by atoms with Gasteiger partial charge in [0.1, 0.15) is 5.82 Å². The van der Waals surface area contributed by atoms with Crippen molar-refractivity contribution in [2.75, 3.05) is 29.6 Å². The Bertz CT molecular complexity index is 1040. The first kappa shape index (κ1) is 25.8. The molecule has 0 unspecified atom stereocenters. The molecule has 2 aliphatic carbocycles. The van der Waals surface area contributed by atoms with Crippen LogP contribution < -0.4 is 20.9 Å². The van der Waals surface area contributed by atoms with Crippen LogP contribution in [0.4, 0.5) is 30.6 Å². The van der Waals surface area contributed by atoms with Crippen LogP contribution in [0.25, 0.3) is 0 Å². The van der Waals surface area contributed by atoms with Crippen LogP contribution in [0.1, 0.15) is 49.8 Å². The van der Waals surface area contributed by atoms with E-state index in [4.69, 9.17) is 22.2 Å². The molecule has 1 fully saturated rings. The summed E-state index contributed by atoms with van der Waals surface area (Å²) in [4.78, 5) is 11.8. The third-order valence-corrected chi connectivity index (χ3v) is 7.25. The number of nitrogens with one attached hydrogen (secondary N) is 3. The van der Waals surface area contributed by atoms with Gasteiger partial charge in [0.2, 0.25) is 5.95 Å². The van der Waals surface area contributed by atoms with E-state index in [0.29, 0.717) is 22.8 Å². The minimum Gasteiger partial charge on any atom is -0.362 e. The number of fused-ring (bicyclic) bond motifs is 1. The minimum absolute atomic E-state index is 0.124. The van der Waals surface area contributed by atoms with Gasteiger partial charge in [-0.2, -0.15) is 18.2 Å². The average Bonchev–Trinajstić information content (AvgIpc) is 2.79. The Labute approximate surface area is 213 Å². The zero-order valence-electron chi connectivity index (χ0n) is 19.9. The Morgan fingerprint density at radius 1 is 1.06 bits per heavy atom. The number of halogens is 3. The molecule has 0 atom stereocenters. The van der Waals surface area contributed by atoms with E-state index in [1.807, 2.05) is 14.1 Å². The second-order valence-corrected chi connectivity index (χ2v) is 10.8. The van der Waals surface area contributed by atoms with Crippen molar-refractivity contribution in [2.45, 2.75) is 73.9 Å². The van der Waals surface area contributed by atoms with E-state index in [2.05, 4.69) is 20.9 Å². The highest BCUT2D eigenvalue weighted by molar-refractivity contribution is 8.00. The highest BCUT2D eigenvalue weighted by Gasteiger charge is 2.29. The van der Waals surface area contributed by atoms with Crippen LogP contribution >= 0.6 is 24.0 Å². The zero-order valence-corrected chi connectivity index (χ0v) is 21.5. The second-order valence-electron chi connectivity index (χ2n) is 9.26. The third-order valence-electron chi connectivity index (χ3n) is 6.31. The lowest BCUT2D eigenvalue weighted by atomic mass is 9.91. The van der Waals surface area contributed by atoms with E-state index in [-0.39, 0.29) is 22.7 Å². The van der Waals surface area contributed by atoms with Crippen LogP contribution in [-0.2, 0) is 12.8 Å². The highest BCUT2D eigenvalue weighted by Crippen LogP contribution is 2.37. The predicted octanol–water partition coefficient (Wildman–Crippen LogP) is 5.74. The zero-order chi connectivity index (χ0) is 25.0. The fourth-order valence-electron chi connectivity index (χ4n) is 4.70. The van der Waals surface area contributed by atoms with Gasteiger partial charge in [0.25, 0.3) is 0 Å². The molecule has 0 radical (unpaired) electrons. The Hall–Kier alpha value is -2.27. The van der Waals surface area contributed by atoms with Crippen molar-refractivity contribution in [1.29, 1.82) is 0 Å². The lowest BCUT2D eigenvalue weighted by Crippen LogP contribution is -2.42. The number of hydrogen-bond donors (Lipinski definition) is 3. The van der Waals surface area contributed by atoms with Crippen molar-refractivity contribution >= 4 is 46.5 Å². The lowest BCUT2D eigenvalue weighted by molar-refractivity contribution is -0.0328. The molecule has 1 aromatic heterocycles. The monoisotopic (exact) mass is 524 g/mol. The van der Waals surface area contributed by atoms with Gasteiger partial charge < -0.3 is 20.9 Å². The standard InChI is InChI=1S/C24H31F3N6S2/c1-33(2)21-19-8-3-4-9-20(19)31-22(32-21)28-15-10-12-16(13-11-15)29-23(34)30-17-6-5-7-18(14-17)35-24(25,26)27/h5-7,14-16H,3-4,8-13H2,1-2H3,(H,28,31,32)(H2,29,30,34). The summed E-state index contributed by atoms with van der Waals surface area (Å²) in [7, 11) is 4.06. The number of anilines is 3. The SMILES string of the molecule is CN(C)c1nc(NC2CCC(NC(=S)Nc3cccc(SC(F)(F)F)c3)CC2)nc2c1CCCC2. The predicted molar refractivity (Wildman–Crippen MR) is 140 cm³/mol. The number of thioether (sulfide) groups is 1. The minimum atomic E-state index is -4.32. The van der Waals surface area contributed by atoms with Crippen molar-refractivity contribution in [3.63, 3.8) is 0 Å². The van der Waals surface area contributed by atoms with E-state index in [0.717, 1.165) is 44.3 Å². The molecule has 0 amide bonds. The maximum atomic E-state index is 12.6. The number of aryl methyl sites for hydroxylation is 1. The maximum Gasteiger partial charge on any atom is 0.446 e. The molecule has 6 nitrogen and oxygen atoms in total. The molecule has 0 bridgehead atoms. The number of aromatic nitrogens is 2. The fraction of sp³-hybridized carbons (Fsp3) is 0.542. The summed E-state index contributed by atoms with van der Waals surface area (Å²) in [5, 5.41) is 10.3. The van der Waals surface area contributed by atoms with Gasteiger partial charge in [-0.1, -0.05) is 6.07 Å². The number of rotatable bonds is 6. The van der Waals surface area contributed by atoms with Gasteiger partial charge in [-0.05, 0) is 93.5 Å². The van der Waals surface area contributed by atoms with Gasteiger partial charge in [-0.15, -0.1) is 0 Å². The third kappa shape index (κ3) is 7.36. The van der Waals surface area contributed by atoms with E-state index in [1.54, 1.807) is 12.1 Å². The number of benzene rings is 1. The Morgan fingerprint density at radius 2 is 1.77 bits per heavy atom. The van der Waals surface area contributed by atoms with E-state index >= 15 is 0 Å². The summed E-state index contributed by atoms with van der Waals surface area (Å²) in [5.41, 5.74) is -1.33. The molecular formula is C24H31F3N6S2. The van der Waals surface area contributed by atoms with Crippen LogP contribution in [-0.4, -0.2) is 46.8 Å². The van der Waals surface area contributed by atoms with Crippen molar-refractivity contribution < 1.29 is 13.2 Å². The second kappa shape index (κ2) is 11.2. The van der Waals surface area contributed by atoms with Crippen molar-refractivity contribution in [2.24, 2.45) is 0 Å². The topological polar surface area (TPSA) is 65.1 Å². The molecule has 11 heteroatoms. The number of nitrogens with zero attached hydrogens (tertiary/aromatic N) is 3. The molecule has 190 valence electrons. The molecule has 2 aliphatic rings. The Morgan fingerprint density at radius 3 is 2.49 bits per heavy atom. The first-order valence-electron chi connectivity index (χ1n) is 11.9. The molecule has 0 saturated heterocycles. The van der Waals surface area contributed by atoms with Gasteiger partial charge in [-0.3, -0.25) is 0 Å². The van der Waals surface area contributed by atoms with E-state index in [1.165, 1.54) is 36.2 Å². The summed E-state index contributed by atoms with van der Waals surface area (Å²) in [6, 6.07) is 6.68. The molecule has 2 aromatic rings. The fourth-order valence-corrected chi connectivity index (χ4v) is 5.58. The van der Waals surface area contributed by atoms with Gasteiger partial charge in [-0.25, -0.2) is 4.98 Å². The molecule has 0 spiro atoms. The Balaban J connectivity index is 1.28.